The Bertz CT molecular complexity index is 1440. The highest BCUT2D eigenvalue weighted by Crippen LogP contribution is 2.31. The van der Waals surface area contributed by atoms with Crippen molar-refractivity contribution < 1.29 is 14.3 Å². The van der Waals surface area contributed by atoms with Gasteiger partial charge in [-0.1, -0.05) is 32.9 Å². The van der Waals surface area contributed by atoms with Gasteiger partial charge in [-0.3, -0.25) is 9.48 Å². The lowest BCUT2D eigenvalue weighted by Gasteiger charge is -2.38. The number of hydrogen-bond acceptors (Lipinski definition) is 6. The first kappa shape index (κ1) is 25.7. The van der Waals surface area contributed by atoms with Crippen LogP contribution in [0.15, 0.2) is 61.1 Å². The van der Waals surface area contributed by atoms with Crippen LogP contribution in [0.2, 0.25) is 0 Å². The first-order chi connectivity index (χ1) is 18.3. The van der Waals surface area contributed by atoms with E-state index >= 15 is 0 Å². The first-order valence-electron chi connectivity index (χ1n) is 13.0. The van der Waals surface area contributed by atoms with Crippen molar-refractivity contribution in [1.82, 2.24) is 19.7 Å². The van der Waals surface area contributed by atoms with Gasteiger partial charge in [0, 0.05) is 55.7 Å². The number of ether oxygens (including phenoxy) is 2. The number of pyridine rings is 1. The second-order valence-electron chi connectivity index (χ2n) is 10.4. The molecular formula is C30H35N5O3. The molecule has 2 aromatic carbocycles. The van der Waals surface area contributed by atoms with E-state index in [-0.39, 0.29) is 12.0 Å². The molecule has 3 heterocycles. The molecule has 1 aliphatic heterocycles. The zero-order chi connectivity index (χ0) is 26.8. The summed E-state index contributed by atoms with van der Waals surface area (Å²) in [6.07, 6.45) is 6.02. The average Bonchev–Trinajstić information content (AvgIpc) is 3.36. The number of amides is 1. The number of anilines is 2. The van der Waals surface area contributed by atoms with E-state index in [1.54, 1.807) is 25.2 Å². The molecule has 5 rings (SSSR count). The van der Waals surface area contributed by atoms with Crippen LogP contribution in [0.5, 0.6) is 5.75 Å². The third-order valence-corrected chi connectivity index (χ3v) is 7.48. The van der Waals surface area contributed by atoms with Gasteiger partial charge < -0.3 is 19.7 Å². The molecule has 198 valence electrons. The maximum Gasteiger partial charge on any atom is 0.254 e. The van der Waals surface area contributed by atoms with Crippen LogP contribution in [0, 0.1) is 11.8 Å². The van der Waals surface area contributed by atoms with E-state index in [2.05, 4.69) is 60.6 Å². The van der Waals surface area contributed by atoms with E-state index in [0.717, 1.165) is 34.1 Å². The Morgan fingerprint density at radius 2 is 1.84 bits per heavy atom. The number of likely N-dealkylation sites (tertiary alicyclic amines) is 1. The van der Waals surface area contributed by atoms with Crippen LogP contribution < -0.4 is 10.1 Å². The van der Waals surface area contributed by atoms with Crippen molar-refractivity contribution in [2.75, 3.05) is 32.6 Å². The van der Waals surface area contributed by atoms with Gasteiger partial charge >= 0.3 is 0 Å². The summed E-state index contributed by atoms with van der Waals surface area (Å²) in [4.78, 5) is 19.1. The normalized spacial score (nSPS) is 14.5. The molecule has 1 N–H and O–H groups in total. The lowest BCUT2D eigenvalue weighted by atomic mass is 9.98. The van der Waals surface area contributed by atoms with Crippen LogP contribution in [0.25, 0.3) is 21.9 Å². The largest absolute Gasteiger partial charge is 0.495 e. The lowest BCUT2D eigenvalue weighted by Crippen LogP contribution is -2.54. The van der Waals surface area contributed by atoms with Crippen molar-refractivity contribution in [3.05, 3.63) is 66.6 Å². The quantitative estimate of drug-likeness (QED) is 0.313. The van der Waals surface area contributed by atoms with E-state index in [4.69, 9.17) is 9.47 Å². The molecule has 1 amide bonds. The molecule has 4 aromatic rings. The van der Waals surface area contributed by atoms with Crippen LogP contribution >= 0.6 is 0 Å². The van der Waals surface area contributed by atoms with Gasteiger partial charge in [0.25, 0.3) is 5.91 Å². The van der Waals surface area contributed by atoms with Crippen LogP contribution in [0.1, 0.15) is 31.1 Å². The van der Waals surface area contributed by atoms with Crippen LogP contribution in [-0.2, 0) is 11.3 Å². The Labute approximate surface area is 223 Å². The topological polar surface area (TPSA) is 81.5 Å². The molecule has 8 heteroatoms. The van der Waals surface area contributed by atoms with E-state index in [0.29, 0.717) is 42.1 Å². The Morgan fingerprint density at radius 1 is 1.03 bits per heavy atom. The number of aromatic nitrogens is 3. The van der Waals surface area contributed by atoms with Crippen molar-refractivity contribution in [3.63, 3.8) is 0 Å². The zero-order valence-electron chi connectivity index (χ0n) is 22.6. The summed E-state index contributed by atoms with van der Waals surface area (Å²) >= 11 is 0. The molecule has 0 radical (unpaired) electrons. The number of hydrogen-bond donors (Lipinski definition) is 1. The smallest absolute Gasteiger partial charge is 0.254 e. The number of benzene rings is 2. The minimum Gasteiger partial charge on any atom is -0.495 e. The van der Waals surface area contributed by atoms with Crippen molar-refractivity contribution in [1.29, 1.82) is 0 Å². The summed E-state index contributed by atoms with van der Waals surface area (Å²) in [5.41, 5.74) is 3.53. The Kier molecular flexibility index (Phi) is 7.33. The van der Waals surface area contributed by atoms with Crippen molar-refractivity contribution in [2.24, 2.45) is 11.8 Å². The minimum atomic E-state index is -0.0264. The monoisotopic (exact) mass is 513 g/mol. The molecule has 1 fully saturated rings. The van der Waals surface area contributed by atoms with Crippen molar-refractivity contribution in [2.45, 2.75) is 33.4 Å². The maximum absolute atomic E-state index is 12.8. The van der Waals surface area contributed by atoms with Crippen LogP contribution in [-0.4, -0.2) is 59.0 Å². The number of carbonyl (C=O) groups excluding carboxylic acids is 1. The van der Waals surface area contributed by atoms with Crippen molar-refractivity contribution >= 4 is 28.2 Å². The third-order valence-electron chi connectivity index (χ3n) is 7.48. The zero-order valence-corrected chi connectivity index (χ0v) is 22.6. The molecule has 0 saturated carbocycles. The molecule has 8 nitrogen and oxygen atoms in total. The lowest BCUT2D eigenvalue weighted by molar-refractivity contribution is -0.0192. The number of nitrogens with zero attached hydrogens (tertiary/aromatic N) is 4. The molecule has 38 heavy (non-hydrogen) atoms. The summed E-state index contributed by atoms with van der Waals surface area (Å²) in [5, 5.41) is 10.1. The highest BCUT2D eigenvalue weighted by atomic mass is 16.5. The third kappa shape index (κ3) is 5.36. The predicted octanol–water partition coefficient (Wildman–Crippen LogP) is 5.61. The Hall–Kier alpha value is -3.91. The minimum absolute atomic E-state index is 0.0264. The fourth-order valence-corrected chi connectivity index (χ4v) is 4.51. The van der Waals surface area contributed by atoms with E-state index in [1.165, 1.54) is 0 Å². The van der Waals surface area contributed by atoms with E-state index in [1.807, 2.05) is 35.3 Å². The number of carbonyl (C=O) groups is 1. The number of nitrogens with one attached hydrogen (secondary N) is 1. The molecule has 1 unspecified atom stereocenters. The van der Waals surface area contributed by atoms with E-state index in [9.17, 15) is 4.79 Å². The molecule has 1 saturated heterocycles. The van der Waals surface area contributed by atoms with Gasteiger partial charge in [0.1, 0.15) is 11.6 Å². The molecule has 1 aliphatic rings. The molecule has 0 aliphatic carbocycles. The second-order valence-corrected chi connectivity index (χ2v) is 10.4. The van der Waals surface area contributed by atoms with Gasteiger partial charge in [-0.25, -0.2) is 4.98 Å². The van der Waals surface area contributed by atoms with Crippen LogP contribution in [0.3, 0.4) is 0 Å². The fourth-order valence-electron chi connectivity index (χ4n) is 4.51. The highest BCUT2D eigenvalue weighted by molar-refractivity contribution is 5.96. The highest BCUT2D eigenvalue weighted by Gasteiger charge is 2.31. The maximum atomic E-state index is 12.8. The molecule has 2 aromatic heterocycles. The van der Waals surface area contributed by atoms with Gasteiger partial charge in [-0.15, -0.1) is 0 Å². The molecule has 0 bridgehead atoms. The fraction of sp³-hybridized carbons (Fsp3) is 0.367. The summed E-state index contributed by atoms with van der Waals surface area (Å²) in [6, 6.07) is 13.8. The average molecular weight is 514 g/mol. The van der Waals surface area contributed by atoms with Gasteiger partial charge in [-0.2, -0.15) is 5.10 Å². The Balaban J connectivity index is 1.34. The van der Waals surface area contributed by atoms with Gasteiger partial charge in [0.05, 0.1) is 25.1 Å². The van der Waals surface area contributed by atoms with Gasteiger partial charge in [0.15, 0.2) is 0 Å². The SMILES string of the molecule is COc1cc(C(=O)N2CC(OC)C2)ccc1Nc1cc2cc(-c3cnn(CC(C)C(C)C)c3)ccc2cn1. The first-order valence-corrected chi connectivity index (χ1v) is 13.0. The standard InChI is InChI=1S/C30H35N5O3/c1-19(2)20(3)15-35-16-25(14-32-35)21-6-7-23-13-31-29(12-24(23)10-21)33-27-9-8-22(11-28(27)38-5)30(36)34-17-26(18-34)37-4/h6-14,16,19-20,26H,15,17-18H2,1-5H3,(H,31,33). The summed E-state index contributed by atoms with van der Waals surface area (Å²) in [7, 11) is 3.27. The van der Waals surface area contributed by atoms with Crippen LogP contribution in [0.4, 0.5) is 11.5 Å². The van der Waals surface area contributed by atoms with E-state index < -0.39 is 0 Å². The molecule has 0 spiro atoms. The summed E-state index contributed by atoms with van der Waals surface area (Å²) in [5.74, 6) is 2.42. The van der Waals surface area contributed by atoms with Gasteiger partial charge in [-0.05, 0) is 53.1 Å². The van der Waals surface area contributed by atoms with Gasteiger partial charge in [0.2, 0.25) is 0 Å². The Morgan fingerprint density at radius 3 is 2.58 bits per heavy atom. The summed E-state index contributed by atoms with van der Waals surface area (Å²) < 4.78 is 12.9. The number of methoxy groups -OCH3 is 2. The molecular weight excluding hydrogens is 478 g/mol. The second kappa shape index (κ2) is 10.8. The van der Waals surface area contributed by atoms with Crippen molar-refractivity contribution in [3.8, 4) is 16.9 Å². The number of fused-ring (bicyclic) bond motifs is 1. The number of rotatable bonds is 9. The summed E-state index contributed by atoms with van der Waals surface area (Å²) in [6.45, 7) is 8.87. The molecule has 1 atom stereocenters. The predicted molar refractivity (Wildman–Crippen MR) is 150 cm³/mol.